The molecule has 0 unspecified atom stereocenters. The van der Waals surface area contributed by atoms with Crippen molar-refractivity contribution in [2.24, 2.45) is 0 Å². The fraction of sp³-hybridized carbons (Fsp3) is 0.429. The lowest BCUT2D eigenvalue weighted by Gasteiger charge is -2.01. The molecule has 0 saturated heterocycles. The van der Waals surface area contributed by atoms with Gasteiger partial charge in [0.1, 0.15) is 0 Å². The Labute approximate surface area is 64.8 Å². The lowest BCUT2D eigenvalue weighted by atomic mass is 10.2. The zero-order valence-corrected chi connectivity index (χ0v) is 6.39. The molecule has 0 atom stereocenters. The van der Waals surface area contributed by atoms with E-state index in [0.717, 1.165) is 24.5 Å². The Bertz CT molecular complexity index is 295. The molecule has 3 N–H and O–H groups in total. The molecule has 58 valence electrons. The maximum atomic E-state index is 5.48. The van der Waals surface area contributed by atoms with Gasteiger partial charge < -0.3 is 11.1 Å². The zero-order chi connectivity index (χ0) is 7.84. The first-order valence-electron chi connectivity index (χ1n) is 3.60. The first-order chi connectivity index (χ1) is 5.27. The highest BCUT2D eigenvalue weighted by Gasteiger charge is 2.14. The highest BCUT2D eigenvalue weighted by atomic mass is 15.0. The molecule has 0 aromatic carbocycles. The van der Waals surface area contributed by atoms with Crippen LogP contribution in [0.15, 0.2) is 0 Å². The van der Waals surface area contributed by atoms with Crippen LogP contribution in [0.4, 0.5) is 5.95 Å². The molecule has 1 aromatic rings. The second kappa shape index (κ2) is 2.17. The standard InChI is InChI=1S/C7H10N4/c1-4-5-2-9-3-6(5)11-7(8)10-4/h9H,2-3H2,1H3,(H2,8,10,11). The van der Waals surface area contributed by atoms with E-state index in [2.05, 4.69) is 15.3 Å². The SMILES string of the molecule is Cc1nc(N)nc2c1CNC2. The van der Waals surface area contributed by atoms with Crippen LogP contribution < -0.4 is 11.1 Å². The molecule has 1 aliphatic heterocycles. The van der Waals surface area contributed by atoms with Crippen LogP contribution in [-0.4, -0.2) is 9.97 Å². The summed E-state index contributed by atoms with van der Waals surface area (Å²) in [5.74, 6) is 0.380. The fourth-order valence-electron chi connectivity index (χ4n) is 1.36. The molecule has 11 heavy (non-hydrogen) atoms. The highest BCUT2D eigenvalue weighted by molar-refractivity contribution is 5.33. The Morgan fingerprint density at radius 2 is 2.18 bits per heavy atom. The predicted molar refractivity (Wildman–Crippen MR) is 41.7 cm³/mol. The molecule has 2 heterocycles. The molecule has 2 rings (SSSR count). The average Bonchev–Trinajstić information content (AvgIpc) is 2.34. The number of hydrogen-bond acceptors (Lipinski definition) is 4. The van der Waals surface area contributed by atoms with Gasteiger partial charge in [0.2, 0.25) is 5.95 Å². The van der Waals surface area contributed by atoms with Gasteiger partial charge in [-0.1, -0.05) is 0 Å². The van der Waals surface area contributed by atoms with Crippen LogP contribution in [0.5, 0.6) is 0 Å². The molecular formula is C7H10N4. The largest absolute Gasteiger partial charge is 0.368 e. The Hall–Kier alpha value is -1.16. The van der Waals surface area contributed by atoms with Gasteiger partial charge in [0.25, 0.3) is 0 Å². The number of hydrogen-bond donors (Lipinski definition) is 2. The van der Waals surface area contributed by atoms with Crippen LogP contribution in [0.3, 0.4) is 0 Å². The minimum atomic E-state index is 0.380. The van der Waals surface area contributed by atoms with E-state index in [4.69, 9.17) is 5.73 Å². The third kappa shape index (κ3) is 0.952. The van der Waals surface area contributed by atoms with Crippen molar-refractivity contribution >= 4 is 5.95 Å². The van der Waals surface area contributed by atoms with Gasteiger partial charge in [-0.25, -0.2) is 9.97 Å². The number of rotatable bonds is 0. The van der Waals surface area contributed by atoms with E-state index in [1.807, 2.05) is 6.92 Å². The number of aromatic nitrogens is 2. The van der Waals surface area contributed by atoms with Gasteiger partial charge in [-0.15, -0.1) is 0 Å². The molecule has 0 saturated carbocycles. The molecule has 4 heteroatoms. The number of fused-ring (bicyclic) bond motifs is 1. The minimum absolute atomic E-state index is 0.380. The van der Waals surface area contributed by atoms with E-state index in [0.29, 0.717) is 5.95 Å². The number of anilines is 1. The lowest BCUT2D eigenvalue weighted by molar-refractivity contribution is 0.757. The second-order valence-electron chi connectivity index (χ2n) is 2.70. The normalized spacial score (nSPS) is 15.0. The van der Waals surface area contributed by atoms with E-state index in [9.17, 15) is 0 Å². The third-order valence-electron chi connectivity index (χ3n) is 1.91. The monoisotopic (exact) mass is 150 g/mol. The summed E-state index contributed by atoms with van der Waals surface area (Å²) in [6, 6.07) is 0. The zero-order valence-electron chi connectivity index (χ0n) is 6.39. The Morgan fingerprint density at radius 3 is 3.00 bits per heavy atom. The van der Waals surface area contributed by atoms with Crippen molar-refractivity contribution in [1.29, 1.82) is 0 Å². The van der Waals surface area contributed by atoms with E-state index in [-0.39, 0.29) is 0 Å². The maximum absolute atomic E-state index is 5.48. The highest BCUT2D eigenvalue weighted by Crippen LogP contribution is 2.16. The smallest absolute Gasteiger partial charge is 0.220 e. The molecule has 1 aliphatic rings. The third-order valence-corrected chi connectivity index (χ3v) is 1.91. The van der Waals surface area contributed by atoms with Crippen molar-refractivity contribution in [1.82, 2.24) is 15.3 Å². The summed E-state index contributed by atoms with van der Waals surface area (Å²) in [6.07, 6.45) is 0. The fourth-order valence-corrected chi connectivity index (χ4v) is 1.36. The van der Waals surface area contributed by atoms with Crippen molar-refractivity contribution in [3.63, 3.8) is 0 Å². The summed E-state index contributed by atoms with van der Waals surface area (Å²) < 4.78 is 0. The van der Waals surface area contributed by atoms with E-state index in [1.54, 1.807) is 0 Å². The van der Waals surface area contributed by atoms with Gasteiger partial charge >= 0.3 is 0 Å². The number of nitrogens with one attached hydrogen (secondary N) is 1. The molecular weight excluding hydrogens is 140 g/mol. The van der Waals surface area contributed by atoms with Gasteiger partial charge in [-0.05, 0) is 6.92 Å². The lowest BCUT2D eigenvalue weighted by Crippen LogP contribution is -2.02. The summed E-state index contributed by atoms with van der Waals surface area (Å²) >= 11 is 0. The predicted octanol–water partition coefficient (Wildman–Crippen LogP) is -0.0296. The number of nitrogens with zero attached hydrogens (tertiary/aromatic N) is 2. The van der Waals surface area contributed by atoms with Crippen LogP contribution in [0, 0.1) is 6.92 Å². The van der Waals surface area contributed by atoms with Crippen molar-refractivity contribution in [2.45, 2.75) is 20.0 Å². The molecule has 0 fully saturated rings. The van der Waals surface area contributed by atoms with Crippen molar-refractivity contribution in [2.75, 3.05) is 5.73 Å². The quantitative estimate of drug-likeness (QED) is 0.545. The van der Waals surface area contributed by atoms with Crippen LogP contribution in [0.25, 0.3) is 0 Å². The van der Waals surface area contributed by atoms with Crippen molar-refractivity contribution in [3.05, 3.63) is 17.0 Å². The first kappa shape index (κ1) is 6.54. The van der Waals surface area contributed by atoms with Crippen LogP contribution in [0.1, 0.15) is 17.0 Å². The Balaban J connectivity index is 2.60. The molecule has 0 bridgehead atoms. The topological polar surface area (TPSA) is 63.8 Å². The number of nitrogens with two attached hydrogens (primary N) is 1. The van der Waals surface area contributed by atoms with Crippen molar-refractivity contribution < 1.29 is 0 Å². The molecule has 0 spiro atoms. The molecule has 0 aliphatic carbocycles. The molecule has 0 amide bonds. The average molecular weight is 150 g/mol. The molecule has 1 aromatic heterocycles. The van der Waals surface area contributed by atoms with Crippen LogP contribution in [-0.2, 0) is 13.1 Å². The van der Waals surface area contributed by atoms with Gasteiger partial charge in [0.15, 0.2) is 0 Å². The van der Waals surface area contributed by atoms with Gasteiger partial charge in [-0.3, -0.25) is 0 Å². The van der Waals surface area contributed by atoms with Gasteiger partial charge in [0.05, 0.1) is 5.69 Å². The summed E-state index contributed by atoms with van der Waals surface area (Å²) in [5.41, 5.74) is 8.74. The second-order valence-corrected chi connectivity index (χ2v) is 2.70. The summed E-state index contributed by atoms with van der Waals surface area (Å²) in [4.78, 5) is 8.19. The molecule has 0 radical (unpaired) electrons. The Morgan fingerprint density at radius 1 is 1.36 bits per heavy atom. The maximum Gasteiger partial charge on any atom is 0.220 e. The Kier molecular flexibility index (Phi) is 1.29. The van der Waals surface area contributed by atoms with Gasteiger partial charge in [0, 0.05) is 24.3 Å². The number of nitrogen functional groups attached to an aromatic ring is 1. The van der Waals surface area contributed by atoms with Crippen LogP contribution >= 0.6 is 0 Å². The van der Waals surface area contributed by atoms with Gasteiger partial charge in [-0.2, -0.15) is 0 Å². The summed E-state index contributed by atoms with van der Waals surface area (Å²) in [6.45, 7) is 3.66. The van der Waals surface area contributed by atoms with Crippen LogP contribution in [0.2, 0.25) is 0 Å². The van der Waals surface area contributed by atoms with Crippen molar-refractivity contribution in [3.8, 4) is 0 Å². The minimum Gasteiger partial charge on any atom is -0.368 e. The van der Waals surface area contributed by atoms with E-state index < -0.39 is 0 Å². The number of aryl methyl sites for hydroxylation is 1. The summed E-state index contributed by atoms with van der Waals surface area (Å²) in [5, 5.41) is 3.20. The first-order valence-corrected chi connectivity index (χ1v) is 3.60. The van der Waals surface area contributed by atoms with E-state index in [1.165, 1.54) is 5.56 Å². The summed E-state index contributed by atoms with van der Waals surface area (Å²) in [7, 11) is 0. The van der Waals surface area contributed by atoms with E-state index >= 15 is 0 Å². The molecule has 4 nitrogen and oxygen atoms in total.